The van der Waals surface area contributed by atoms with Crippen molar-refractivity contribution in [3.05, 3.63) is 58.9 Å². The van der Waals surface area contributed by atoms with Crippen LogP contribution in [0.15, 0.2) is 47.0 Å². The van der Waals surface area contributed by atoms with Crippen LogP contribution in [0.3, 0.4) is 0 Å². The Balaban J connectivity index is 1.09. The van der Waals surface area contributed by atoms with Crippen molar-refractivity contribution in [1.82, 2.24) is 19.9 Å². The number of carbonyl (C=O) groups excluding carboxylic acids is 1. The van der Waals surface area contributed by atoms with Crippen molar-refractivity contribution in [3.8, 4) is 22.9 Å². The van der Waals surface area contributed by atoms with Crippen LogP contribution in [0.5, 0.6) is 11.5 Å². The van der Waals surface area contributed by atoms with Gasteiger partial charge in [0.2, 0.25) is 24.4 Å². The molecule has 1 amide bonds. The molecule has 0 unspecified atom stereocenters. The molecule has 3 heterocycles. The normalized spacial score (nSPS) is 15.8. The van der Waals surface area contributed by atoms with E-state index in [-0.39, 0.29) is 12.7 Å². The van der Waals surface area contributed by atoms with Crippen molar-refractivity contribution in [2.45, 2.75) is 19.4 Å². The van der Waals surface area contributed by atoms with E-state index in [4.69, 9.17) is 25.6 Å². The average Bonchev–Trinajstić information content (AvgIpc) is 3.48. The summed E-state index contributed by atoms with van der Waals surface area (Å²) in [5, 5.41) is 4.73. The molecular weight excluding hydrogens is 432 g/mol. The van der Waals surface area contributed by atoms with Gasteiger partial charge in [-0.3, -0.25) is 9.69 Å². The highest BCUT2D eigenvalue weighted by atomic mass is 35.5. The zero-order valence-electron chi connectivity index (χ0n) is 17.5. The van der Waals surface area contributed by atoms with E-state index in [1.165, 1.54) is 0 Å². The molecule has 0 aliphatic carbocycles. The second kappa shape index (κ2) is 9.18. The largest absolute Gasteiger partial charge is 0.454 e. The second-order valence-electron chi connectivity index (χ2n) is 7.86. The zero-order valence-corrected chi connectivity index (χ0v) is 18.3. The van der Waals surface area contributed by atoms with Gasteiger partial charge < -0.3 is 18.9 Å². The minimum Gasteiger partial charge on any atom is -0.454 e. The number of amides is 1. The smallest absolute Gasteiger partial charge is 0.241 e. The van der Waals surface area contributed by atoms with Crippen LogP contribution in [0.2, 0.25) is 5.02 Å². The Morgan fingerprint density at radius 1 is 1.00 bits per heavy atom. The van der Waals surface area contributed by atoms with Gasteiger partial charge in [0.05, 0.1) is 6.54 Å². The molecule has 1 aromatic heterocycles. The molecule has 0 spiro atoms. The predicted octanol–water partition coefficient (Wildman–Crippen LogP) is 3.40. The summed E-state index contributed by atoms with van der Waals surface area (Å²) in [5.41, 5.74) is 1.94. The fourth-order valence-electron chi connectivity index (χ4n) is 3.89. The molecule has 8 nitrogen and oxygen atoms in total. The third-order valence-electron chi connectivity index (χ3n) is 5.72. The van der Waals surface area contributed by atoms with Crippen LogP contribution >= 0.6 is 11.6 Å². The lowest BCUT2D eigenvalue weighted by molar-refractivity contribution is -0.133. The summed E-state index contributed by atoms with van der Waals surface area (Å²) >= 11 is 5.93. The highest BCUT2D eigenvalue weighted by Gasteiger charge is 2.23. The number of aryl methyl sites for hydroxylation is 1. The first kappa shape index (κ1) is 20.8. The summed E-state index contributed by atoms with van der Waals surface area (Å²) in [6.07, 6.45) is 1.17. The number of benzene rings is 2. The Labute approximate surface area is 190 Å². The Hall–Kier alpha value is -3.10. The molecule has 2 aromatic carbocycles. The van der Waals surface area contributed by atoms with E-state index in [0.717, 1.165) is 35.7 Å². The Bertz CT molecular complexity index is 1090. The minimum absolute atomic E-state index is 0.171. The topological polar surface area (TPSA) is 80.9 Å². The maximum absolute atomic E-state index is 12.7. The lowest BCUT2D eigenvalue weighted by Gasteiger charge is -2.34. The first-order valence-corrected chi connectivity index (χ1v) is 11.0. The van der Waals surface area contributed by atoms with Gasteiger partial charge in [0.25, 0.3) is 0 Å². The van der Waals surface area contributed by atoms with Crippen LogP contribution < -0.4 is 9.47 Å². The Morgan fingerprint density at radius 2 is 1.78 bits per heavy atom. The van der Waals surface area contributed by atoms with Gasteiger partial charge in [-0.05, 0) is 48.4 Å². The van der Waals surface area contributed by atoms with E-state index in [2.05, 4.69) is 15.0 Å². The van der Waals surface area contributed by atoms with Gasteiger partial charge >= 0.3 is 0 Å². The first-order chi connectivity index (χ1) is 15.6. The van der Waals surface area contributed by atoms with Crippen LogP contribution in [-0.4, -0.2) is 58.8 Å². The molecule has 5 rings (SSSR count). The molecule has 3 aromatic rings. The van der Waals surface area contributed by atoms with Gasteiger partial charge in [-0.15, -0.1) is 0 Å². The van der Waals surface area contributed by atoms with Crippen molar-refractivity contribution in [2.24, 2.45) is 0 Å². The lowest BCUT2D eigenvalue weighted by Crippen LogP contribution is -2.48. The molecule has 9 heteroatoms. The van der Waals surface area contributed by atoms with Crippen molar-refractivity contribution >= 4 is 17.5 Å². The number of hydrogen-bond donors (Lipinski definition) is 0. The first-order valence-electron chi connectivity index (χ1n) is 10.6. The summed E-state index contributed by atoms with van der Waals surface area (Å²) in [5.74, 6) is 2.80. The fourth-order valence-corrected chi connectivity index (χ4v) is 4.01. The number of halogens is 1. The number of piperazine rings is 1. The molecule has 0 bridgehead atoms. The molecule has 0 N–H and O–H groups in total. The maximum Gasteiger partial charge on any atom is 0.241 e. The maximum atomic E-state index is 12.7. The summed E-state index contributed by atoms with van der Waals surface area (Å²) in [6.45, 7) is 3.76. The van der Waals surface area contributed by atoms with Gasteiger partial charge in [0.1, 0.15) is 0 Å². The number of aromatic nitrogens is 2. The standard InChI is InChI=1S/C23H23ClN4O4/c24-18-5-3-17(4-6-18)23-25-21(32-26-23)14-27-9-11-28(12-10-27)22(29)8-2-16-1-7-19-20(13-16)31-15-30-19/h1,3-7,13H,2,8-12,14-15H2. The quantitative estimate of drug-likeness (QED) is 0.564. The summed E-state index contributed by atoms with van der Waals surface area (Å²) in [7, 11) is 0. The zero-order chi connectivity index (χ0) is 21.9. The molecule has 0 atom stereocenters. The van der Waals surface area contributed by atoms with Gasteiger partial charge in [-0.1, -0.05) is 22.8 Å². The van der Waals surface area contributed by atoms with Crippen LogP contribution in [0.25, 0.3) is 11.4 Å². The van der Waals surface area contributed by atoms with Crippen LogP contribution in [0.1, 0.15) is 17.9 Å². The number of nitrogens with zero attached hydrogens (tertiary/aromatic N) is 4. The van der Waals surface area contributed by atoms with Gasteiger partial charge in [0, 0.05) is 43.2 Å². The second-order valence-corrected chi connectivity index (χ2v) is 8.30. The SMILES string of the molecule is O=C(CCc1ccc2c(c1)OCO2)N1CCN(Cc2nc(-c3ccc(Cl)cc3)no2)CC1. The number of rotatable bonds is 6. The van der Waals surface area contributed by atoms with Crippen molar-refractivity contribution in [1.29, 1.82) is 0 Å². The van der Waals surface area contributed by atoms with E-state index >= 15 is 0 Å². The predicted molar refractivity (Wildman–Crippen MR) is 117 cm³/mol. The van der Waals surface area contributed by atoms with Crippen LogP contribution in [0.4, 0.5) is 0 Å². The van der Waals surface area contributed by atoms with E-state index in [1.807, 2.05) is 35.2 Å². The Kier molecular flexibility index (Phi) is 5.96. The van der Waals surface area contributed by atoms with Gasteiger partial charge in [-0.2, -0.15) is 4.98 Å². The third-order valence-corrected chi connectivity index (χ3v) is 5.97. The van der Waals surface area contributed by atoms with Crippen LogP contribution in [0, 0.1) is 0 Å². The van der Waals surface area contributed by atoms with Crippen molar-refractivity contribution in [3.63, 3.8) is 0 Å². The highest BCUT2D eigenvalue weighted by Crippen LogP contribution is 2.32. The van der Waals surface area contributed by atoms with Gasteiger partial charge in [0.15, 0.2) is 11.5 Å². The highest BCUT2D eigenvalue weighted by molar-refractivity contribution is 6.30. The van der Waals surface area contributed by atoms with E-state index in [9.17, 15) is 4.79 Å². The van der Waals surface area contributed by atoms with Crippen LogP contribution in [-0.2, 0) is 17.8 Å². The number of carbonyl (C=O) groups is 1. The Morgan fingerprint density at radius 3 is 2.59 bits per heavy atom. The number of ether oxygens (including phenoxy) is 2. The molecule has 0 radical (unpaired) electrons. The van der Waals surface area contributed by atoms with Crippen molar-refractivity contribution < 1.29 is 18.8 Å². The third kappa shape index (κ3) is 4.71. The monoisotopic (exact) mass is 454 g/mol. The molecule has 32 heavy (non-hydrogen) atoms. The molecule has 1 fully saturated rings. The summed E-state index contributed by atoms with van der Waals surface area (Å²) < 4.78 is 16.2. The molecule has 166 valence electrons. The van der Waals surface area contributed by atoms with Crippen molar-refractivity contribution in [2.75, 3.05) is 33.0 Å². The van der Waals surface area contributed by atoms with E-state index < -0.39 is 0 Å². The molecule has 0 saturated carbocycles. The van der Waals surface area contributed by atoms with Gasteiger partial charge in [-0.25, -0.2) is 0 Å². The van der Waals surface area contributed by atoms with E-state index in [0.29, 0.717) is 49.2 Å². The molecule has 1 saturated heterocycles. The number of hydrogen-bond acceptors (Lipinski definition) is 7. The lowest BCUT2D eigenvalue weighted by atomic mass is 10.1. The summed E-state index contributed by atoms with van der Waals surface area (Å²) in [4.78, 5) is 21.3. The average molecular weight is 455 g/mol. The summed E-state index contributed by atoms with van der Waals surface area (Å²) in [6, 6.07) is 13.2. The van der Waals surface area contributed by atoms with E-state index in [1.54, 1.807) is 12.1 Å². The molecule has 2 aliphatic rings. The fraction of sp³-hybridized carbons (Fsp3) is 0.348. The number of fused-ring (bicyclic) bond motifs is 1. The minimum atomic E-state index is 0.171. The molecular formula is C23H23ClN4O4. The molecule has 2 aliphatic heterocycles.